The zero-order chi connectivity index (χ0) is 17.2. The Labute approximate surface area is 136 Å². The Bertz CT molecular complexity index is 665. The quantitative estimate of drug-likeness (QED) is 0.890. The van der Waals surface area contributed by atoms with Crippen LogP contribution in [-0.4, -0.2) is 45.3 Å². The van der Waals surface area contributed by atoms with Gasteiger partial charge in [-0.3, -0.25) is 0 Å². The summed E-state index contributed by atoms with van der Waals surface area (Å²) in [6.45, 7) is 0.822. The summed E-state index contributed by atoms with van der Waals surface area (Å²) in [4.78, 5) is 13.7. The van der Waals surface area contributed by atoms with E-state index in [-0.39, 0.29) is 12.6 Å². The molecule has 6 nitrogen and oxygen atoms in total. The van der Waals surface area contributed by atoms with Crippen LogP contribution in [0.3, 0.4) is 0 Å². The van der Waals surface area contributed by atoms with E-state index in [4.69, 9.17) is 0 Å². The Hall–Kier alpha value is -2.42. The first-order chi connectivity index (χ1) is 11.4. The molecule has 24 heavy (non-hydrogen) atoms. The van der Waals surface area contributed by atoms with Crippen LogP contribution in [0.5, 0.6) is 0 Å². The molecule has 2 aromatic heterocycles. The van der Waals surface area contributed by atoms with E-state index < -0.39 is 17.8 Å². The van der Waals surface area contributed by atoms with Crippen LogP contribution in [0.15, 0.2) is 36.8 Å². The number of alkyl halides is 3. The summed E-state index contributed by atoms with van der Waals surface area (Å²) in [5.41, 5.74) is -0.787. The summed E-state index contributed by atoms with van der Waals surface area (Å²) in [6.07, 6.45) is -0.526. The number of piperidine rings is 1. The molecule has 0 saturated carbocycles. The standard InChI is InChI=1S/C15H16F3N5O/c16-15(17,18)10-2-3-13(21-8-10)23-7-4-11(12(24)9-23)22-14-19-5-1-6-20-14/h1-3,5-6,8,11-12,24H,4,7,9H2,(H,19,20,22)/t11-,12-/m0/s1. The SMILES string of the molecule is O[C@H]1CN(c2ccc(C(F)(F)F)cn2)CC[C@@H]1Nc1ncccn1. The predicted molar refractivity (Wildman–Crippen MR) is 81.5 cm³/mol. The Morgan fingerprint density at radius 3 is 2.50 bits per heavy atom. The van der Waals surface area contributed by atoms with Gasteiger partial charge in [0.15, 0.2) is 0 Å². The number of aromatic nitrogens is 3. The number of pyridine rings is 1. The van der Waals surface area contributed by atoms with Crippen LogP contribution in [0.25, 0.3) is 0 Å². The van der Waals surface area contributed by atoms with Gasteiger partial charge in [-0.05, 0) is 24.6 Å². The van der Waals surface area contributed by atoms with Crippen molar-refractivity contribution >= 4 is 11.8 Å². The molecule has 3 heterocycles. The molecule has 0 aromatic carbocycles. The van der Waals surface area contributed by atoms with Crippen molar-refractivity contribution in [1.29, 1.82) is 0 Å². The zero-order valence-corrected chi connectivity index (χ0v) is 12.6. The average molecular weight is 339 g/mol. The summed E-state index contributed by atoms with van der Waals surface area (Å²) in [5.74, 6) is 0.846. The number of hydrogen-bond acceptors (Lipinski definition) is 6. The Kier molecular flexibility index (Phi) is 4.52. The summed E-state index contributed by atoms with van der Waals surface area (Å²) in [5, 5.41) is 13.3. The van der Waals surface area contributed by atoms with E-state index in [9.17, 15) is 18.3 Å². The van der Waals surface area contributed by atoms with Crippen molar-refractivity contribution in [2.24, 2.45) is 0 Å². The first-order valence-electron chi connectivity index (χ1n) is 7.43. The van der Waals surface area contributed by atoms with Gasteiger partial charge in [-0.1, -0.05) is 0 Å². The van der Waals surface area contributed by atoms with E-state index in [1.54, 1.807) is 23.4 Å². The molecule has 1 aliphatic heterocycles. The summed E-state index contributed by atoms with van der Waals surface area (Å²) in [6, 6.07) is 3.79. The van der Waals surface area contributed by atoms with Gasteiger partial charge in [-0.15, -0.1) is 0 Å². The molecular formula is C15H16F3N5O. The van der Waals surface area contributed by atoms with Crippen molar-refractivity contribution in [3.63, 3.8) is 0 Å². The lowest BCUT2D eigenvalue weighted by molar-refractivity contribution is -0.137. The second-order valence-electron chi connectivity index (χ2n) is 5.53. The molecule has 0 bridgehead atoms. The van der Waals surface area contributed by atoms with E-state index in [1.165, 1.54) is 6.07 Å². The third kappa shape index (κ3) is 3.73. The molecular weight excluding hydrogens is 323 g/mol. The van der Waals surface area contributed by atoms with Crippen LogP contribution in [0.2, 0.25) is 0 Å². The number of β-amino-alcohol motifs (C(OH)–C–C–N with tert-alkyl or cyclic N) is 1. The van der Waals surface area contributed by atoms with Crippen molar-refractivity contribution in [2.45, 2.75) is 24.7 Å². The predicted octanol–water partition coefficient (Wildman–Crippen LogP) is 1.94. The van der Waals surface area contributed by atoms with Crippen molar-refractivity contribution in [3.8, 4) is 0 Å². The van der Waals surface area contributed by atoms with Gasteiger partial charge in [0.05, 0.1) is 17.7 Å². The molecule has 0 amide bonds. The minimum atomic E-state index is -4.41. The monoisotopic (exact) mass is 339 g/mol. The maximum atomic E-state index is 12.6. The molecule has 0 aliphatic carbocycles. The Morgan fingerprint density at radius 2 is 1.92 bits per heavy atom. The second kappa shape index (κ2) is 6.60. The van der Waals surface area contributed by atoms with Crippen LogP contribution in [0.1, 0.15) is 12.0 Å². The van der Waals surface area contributed by atoms with E-state index >= 15 is 0 Å². The highest BCUT2D eigenvalue weighted by Crippen LogP contribution is 2.30. The fourth-order valence-electron chi connectivity index (χ4n) is 2.59. The van der Waals surface area contributed by atoms with Crippen LogP contribution in [-0.2, 0) is 6.18 Å². The average Bonchev–Trinajstić information content (AvgIpc) is 2.57. The van der Waals surface area contributed by atoms with E-state index in [0.717, 1.165) is 12.3 Å². The molecule has 0 unspecified atom stereocenters. The third-order valence-electron chi connectivity index (χ3n) is 3.86. The first kappa shape index (κ1) is 16.4. The highest BCUT2D eigenvalue weighted by atomic mass is 19.4. The molecule has 1 fully saturated rings. The van der Waals surface area contributed by atoms with Gasteiger partial charge in [0.25, 0.3) is 0 Å². The third-order valence-corrected chi connectivity index (χ3v) is 3.86. The lowest BCUT2D eigenvalue weighted by Crippen LogP contribution is -2.50. The fourth-order valence-corrected chi connectivity index (χ4v) is 2.59. The van der Waals surface area contributed by atoms with Crippen LogP contribution >= 0.6 is 0 Å². The summed E-state index contributed by atoms with van der Waals surface area (Å²) < 4.78 is 37.7. The first-order valence-corrected chi connectivity index (χ1v) is 7.43. The van der Waals surface area contributed by atoms with E-state index in [0.29, 0.717) is 24.7 Å². The van der Waals surface area contributed by atoms with Crippen molar-refractivity contribution in [2.75, 3.05) is 23.3 Å². The van der Waals surface area contributed by atoms with Crippen molar-refractivity contribution in [1.82, 2.24) is 15.0 Å². The van der Waals surface area contributed by atoms with Gasteiger partial charge < -0.3 is 15.3 Å². The smallest absolute Gasteiger partial charge is 0.389 e. The Morgan fingerprint density at radius 1 is 1.17 bits per heavy atom. The van der Waals surface area contributed by atoms with Crippen molar-refractivity contribution < 1.29 is 18.3 Å². The summed E-state index contributed by atoms with van der Waals surface area (Å²) in [7, 11) is 0. The summed E-state index contributed by atoms with van der Waals surface area (Å²) >= 11 is 0. The number of rotatable bonds is 3. The van der Waals surface area contributed by atoms with Crippen LogP contribution in [0.4, 0.5) is 24.9 Å². The minimum Gasteiger partial charge on any atom is -0.389 e. The van der Waals surface area contributed by atoms with Crippen molar-refractivity contribution in [3.05, 3.63) is 42.4 Å². The second-order valence-corrected chi connectivity index (χ2v) is 5.53. The lowest BCUT2D eigenvalue weighted by Gasteiger charge is -2.36. The molecule has 2 atom stereocenters. The fraction of sp³-hybridized carbons (Fsp3) is 0.400. The molecule has 1 saturated heterocycles. The van der Waals surface area contributed by atoms with Gasteiger partial charge in [0.2, 0.25) is 5.95 Å². The highest BCUT2D eigenvalue weighted by Gasteiger charge is 2.32. The van der Waals surface area contributed by atoms with E-state index in [2.05, 4.69) is 20.3 Å². The number of halogens is 3. The van der Waals surface area contributed by atoms with Crippen LogP contribution in [0, 0.1) is 0 Å². The molecule has 1 aliphatic rings. The maximum absolute atomic E-state index is 12.6. The molecule has 0 radical (unpaired) electrons. The molecule has 9 heteroatoms. The number of aliphatic hydroxyl groups is 1. The maximum Gasteiger partial charge on any atom is 0.417 e. The number of anilines is 2. The largest absolute Gasteiger partial charge is 0.417 e. The van der Waals surface area contributed by atoms with Gasteiger partial charge in [0, 0.05) is 31.7 Å². The highest BCUT2D eigenvalue weighted by molar-refractivity contribution is 5.41. The molecule has 2 aromatic rings. The van der Waals surface area contributed by atoms with E-state index in [1.807, 2.05) is 0 Å². The number of nitrogens with zero attached hydrogens (tertiary/aromatic N) is 4. The zero-order valence-electron chi connectivity index (χ0n) is 12.6. The number of aliphatic hydroxyl groups excluding tert-OH is 1. The topological polar surface area (TPSA) is 74.2 Å². The van der Waals surface area contributed by atoms with Gasteiger partial charge in [-0.2, -0.15) is 13.2 Å². The molecule has 2 N–H and O–H groups in total. The number of hydrogen-bond donors (Lipinski definition) is 2. The Balaban J connectivity index is 1.63. The number of nitrogens with one attached hydrogen (secondary N) is 1. The minimum absolute atomic E-state index is 0.224. The van der Waals surface area contributed by atoms with Gasteiger partial charge in [-0.25, -0.2) is 15.0 Å². The van der Waals surface area contributed by atoms with Gasteiger partial charge >= 0.3 is 6.18 Å². The molecule has 128 valence electrons. The normalized spacial score (nSPS) is 21.6. The lowest BCUT2D eigenvalue weighted by atomic mass is 10.0. The molecule has 3 rings (SSSR count). The molecule has 0 spiro atoms. The van der Waals surface area contributed by atoms with Crippen LogP contribution < -0.4 is 10.2 Å². The van der Waals surface area contributed by atoms with Gasteiger partial charge in [0.1, 0.15) is 5.82 Å².